The normalized spacial score (nSPS) is 10.7. The quantitative estimate of drug-likeness (QED) is 0.295. The molecule has 0 amide bonds. The second-order valence-corrected chi connectivity index (χ2v) is 5.73. The van der Waals surface area contributed by atoms with Crippen LogP contribution in [0.3, 0.4) is 0 Å². The number of nitrogens with zero attached hydrogens (tertiary/aromatic N) is 2. The maximum atomic E-state index is 12.1. The molecule has 27 heavy (non-hydrogen) atoms. The van der Waals surface area contributed by atoms with Gasteiger partial charge in [0.15, 0.2) is 5.75 Å². The minimum Gasteiger partial charge on any atom is -0.490 e. The predicted molar refractivity (Wildman–Crippen MR) is 97.1 cm³/mol. The molecule has 3 aromatic rings. The number of para-hydroxylation sites is 2. The Morgan fingerprint density at radius 1 is 1.26 bits per heavy atom. The summed E-state index contributed by atoms with van der Waals surface area (Å²) in [5.41, 5.74) is 1.04. The van der Waals surface area contributed by atoms with E-state index in [9.17, 15) is 19.7 Å². The fraction of sp³-hybridized carbons (Fsp3) is 0.222. The monoisotopic (exact) mass is 371 g/mol. The van der Waals surface area contributed by atoms with Crippen molar-refractivity contribution in [2.45, 2.75) is 13.0 Å². The topological polar surface area (TPSA) is 116 Å². The van der Waals surface area contributed by atoms with Gasteiger partial charge >= 0.3 is 17.3 Å². The molecule has 0 bridgehead atoms. The van der Waals surface area contributed by atoms with Crippen molar-refractivity contribution in [3.8, 4) is 5.75 Å². The lowest BCUT2D eigenvalue weighted by molar-refractivity contribution is -0.385. The highest BCUT2D eigenvalue weighted by Crippen LogP contribution is 2.27. The molecule has 1 N–H and O–H groups in total. The van der Waals surface area contributed by atoms with Crippen molar-refractivity contribution in [2.75, 3.05) is 13.7 Å². The summed E-state index contributed by atoms with van der Waals surface area (Å²) in [6.07, 6.45) is 0.422. The first-order valence-corrected chi connectivity index (χ1v) is 8.18. The molecule has 0 unspecified atom stereocenters. The number of esters is 1. The van der Waals surface area contributed by atoms with Crippen molar-refractivity contribution < 1.29 is 19.2 Å². The lowest BCUT2D eigenvalue weighted by Crippen LogP contribution is -2.18. The van der Waals surface area contributed by atoms with Gasteiger partial charge < -0.3 is 14.5 Å². The van der Waals surface area contributed by atoms with E-state index in [-0.39, 0.29) is 29.3 Å². The van der Waals surface area contributed by atoms with Crippen LogP contribution in [0.1, 0.15) is 16.8 Å². The van der Waals surface area contributed by atoms with Crippen molar-refractivity contribution in [2.24, 2.45) is 0 Å². The van der Waals surface area contributed by atoms with Gasteiger partial charge in [-0.25, -0.2) is 9.59 Å². The Kier molecular flexibility index (Phi) is 5.20. The van der Waals surface area contributed by atoms with Gasteiger partial charge in [-0.1, -0.05) is 12.1 Å². The van der Waals surface area contributed by atoms with Crippen LogP contribution < -0.4 is 10.4 Å². The Labute approximate surface area is 153 Å². The standard InChI is InChI=1S/C18H17N3O6/c1-26-16-8-7-12(11-15(16)21(24)25)17(22)27-10-4-9-20-14-6-3-2-5-13(14)19-18(20)23/h2-3,5-8,11H,4,9-10H2,1H3,(H,19,23). The number of hydrogen-bond donors (Lipinski definition) is 1. The Morgan fingerprint density at radius 2 is 2.04 bits per heavy atom. The first-order chi connectivity index (χ1) is 13.0. The molecule has 0 aliphatic heterocycles. The summed E-state index contributed by atoms with van der Waals surface area (Å²) in [4.78, 5) is 37.2. The molecule has 0 saturated heterocycles. The minimum absolute atomic E-state index is 0.0618. The van der Waals surface area contributed by atoms with Gasteiger partial charge in [0.05, 0.1) is 35.2 Å². The molecule has 0 atom stereocenters. The molecule has 9 heteroatoms. The number of fused-ring (bicyclic) bond motifs is 1. The third-order valence-electron chi connectivity index (χ3n) is 4.05. The maximum Gasteiger partial charge on any atom is 0.338 e. The lowest BCUT2D eigenvalue weighted by Gasteiger charge is -2.07. The highest BCUT2D eigenvalue weighted by atomic mass is 16.6. The molecule has 0 aliphatic rings. The Balaban J connectivity index is 1.61. The highest BCUT2D eigenvalue weighted by molar-refractivity contribution is 5.90. The summed E-state index contributed by atoms with van der Waals surface area (Å²) in [6, 6.07) is 11.2. The van der Waals surface area contributed by atoms with Gasteiger partial charge in [0, 0.05) is 12.6 Å². The average Bonchev–Trinajstić information content (AvgIpc) is 2.99. The van der Waals surface area contributed by atoms with E-state index in [1.165, 1.54) is 19.2 Å². The molecule has 1 aromatic heterocycles. The average molecular weight is 371 g/mol. The number of hydrogen-bond acceptors (Lipinski definition) is 6. The number of imidazole rings is 1. The van der Waals surface area contributed by atoms with Crippen molar-refractivity contribution in [1.82, 2.24) is 9.55 Å². The zero-order valence-corrected chi connectivity index (χ0v) is 14.5. The summed E-state index contributed by atoms with van der Waals surface area (Å²) in [6.45, 7) is 0.448. The van der Waals surface area contributed by atoms with E-state index in [0.29, 0.717) is 13.0 Å². The zero-order valence-electron chi connectivity index (χ0n) is 14.5. The molecule has 1 heterocycles. The number of H-pyrrole nitrogens is 1. The fourth-order valence-electron chi connectivity index (χ4n) is 2.76. The number of nitrogens with one attached hydrogen (secondary N) is 1. The van der Waals surface area contributed by atoms with E-state index in [4.69, 9.17) is 9.47 Å². The molecule has 0 saturated carbocycles. The Morgan fingerprint density at radius 3 is 2.78 bits per heavy atom. The van der Waals surface area contributed by atoms with Gasteiger partial charge in [-0.15, -0.1) is 0 Å². The van der Waals surface area contributed by atoms with E-state index in [2.05, 4.69) is 4.98 Å². The molecule has 3 rings (SSSR count). The second kappa shape index (κ2) is 7.73. The van der Waals surface area contributed by atoms with Gasteiger partial charge in [-0.3, -0.25) is 14.7 Å². The number of carbonyl (C=O) groups is 1. The molecule has 0 aliphatic carbocycles. The smallest absolute Gasteiger partial charge is 0.338 e. The number of benzene rings is 2. The van der Waals surface area contributed by atoms with E-state index in [1.54, 1.807) is 4.57 Å². The van der Waals surface area contributed by atoms with Crippen LogP contribution in [-0.4, -0.2) is 34.2 Å². The van der Waals surface area contributed by atoms with Crippen LogP contribution in [-0.2, 0) is 11.3 Å². The first kappa shape index (κ1) is 18.2. The molecule has 140 valence electrons. The van der Waals surface area contributed by atoms with Gasteiger partial charge in [0.2, 0.25) is 0 Å². The van der Waals surface area contributed by atoms with Crippen LogP contribution in [0, 0.1) is 10.1 Å². The van der Waals surface area contributed by atoms with E-state index in [1.807, 2.05) is 24.3 Å². The number of nitro benzene ring substituents is 1. The molecule has 0 spiro atoms. The molecule has 9 nitrogen and oxygen atoms in total. The van der Waals surface area contributed by atoms with E-state index in [0.717, 1.165) is 17.1 Å². The molecular formula is C18H17N3O6. The SMILES string of the molecule is COc1ccc(C(=O)OCCCn2c(=O)[nH]c3ccccc32)cc1[N+](=O)[O-]. The summed E-state index contributed by atoms with van der Waals surface area (Å²) in [5, 5.41) is 11.0. The van der Waals surface area contributed by atoms with Crippen LogP contribution in [0.15, 0.2) is 47.3 Å². The van der Waals surface area contributed by atoms with Crippen LogP contribution in [0.5, 0.6) is 5.75 Å². The van der Waals surface area contributed by atoms with E-state index < -0.39 is 10.9 Å². The van der Waals surface area contributed by atoms with Gasteiger partial charge in [-0.2, -0.15) is 0 Å². The number of aromatic nitrogens is 2. The minimum atomic E-state index is -0.674. The fourth-order valence-corrected chi connectivity index (χ4v) is 2.76. The first-order valence-electron chi connectivity index (χ1n) is 8.18. The molecule has 0 fully saturated rings. The summed E-state index contributed by atoms with van der Waals surface area (Å²) >= 11 is 0. The number of ether oxygens (including phenoxy) is 2. The van der Waals surface area contributed by atoms with Crippen LogP contribution in [0.2, 0.25) is 0 Å². The summed E-state index contributed by atoms with van der Waals surface area (Å²) < 4.78 is 11.6. The number of rotatable bonds is 7. The second-order valence-electron chi connectivity index (χ2n) is 5.73. The lowest BCUT2D eigenvalue weighted by atomic mass is 10.2. The summed E-state index contributed by atoms with van der Waals surface area (Å²) in [5.74, 6) is -0.609. The van der Waals surface area contributed by atoms with Crippen LogP contribution in [0.25, 0.3) is 11.0 Å². The number of aryl methyl sites for hydroxylation is 1. The molecule has 2 aromatic carbocycles. The van der Waals surface area contributed by atoms with Crippen molar-refractivity contribution in [3.63, 3.8) is 0 Å². The molecular weight excluding hydrogens is 354 g/mol. The van der Waals surface area contributed by atoms with Crippen LogP contribution in [0.4, 0.5) is 5.69 Å². The Bertz CT molecular complexity index is 1050. The third-order valence-corrected chi connectivity index (χ3v) is 4.05. The van der Waals surface area contributed by atoms with Crippen molar-refractivity contribution in [3.05, 3.63) is 68.6 Å². The number of aromatic amines is 1. The van der Waals surface area contributed by atoms with Crippen LogP contribution >= 0.6 is 0 Å². The largest absolute Gasteiger partial charge is 0.490 e. The predicted octanol–water partition coefficient (Wildman–Crippen LogP) is 2.49. The molecule has 0 radical (unpaired) electrons. The number of methoxy groups -OCH3 is 1. The number of carbonyl (C=O) groups excluding carboxylic acids is 1. The van der Waals surface area contributed by atoms with Gasteiger partial charge in [0.1, 0.15) is 0 Å². The van der Waals surface area contributed by atoms with Gasteiger partial charge in [-0.05, 0) is 30.7 Å². The van der Waals surface area contributed by atoms with Gasteiger partial charge in [0.25, 0.3) is 0 Å². The maximum absolute atomic E-state index is 12.1. The van der Waals surface area contributed by atoms with Crippen molar-refractivity contribution >= 4 is 22.7 Å². The zero-order chi connectivity index (χ0) is 19.4. The number of nitro groups is 1. The van der Waals surface area contributed by atoms with E-state index >= 15 is 0 Å². The van der Waals surface area contributed by atoms with Crippen molar-refractivity contribution in [1.29, 1.82) is 0 Å². The Hall–Kier alpha value is -3.62. The third kappa shape index (κ3) is 3.81. The summed E-state index contributed by atoms with van der Waals surface area (Å²) in [7, 11) is 1.31. The highest BCUT2D eigenvalue weighted by Gasteiger charge is 2.19.